The van der Waals surface area contributed by atoms with Crippen LogP contribution in [0.5, 0.6) is 0 Å². The summed E-state index contributed by atoms with van der Waals surface area (Å²) in [4.78, 5) is 14.5. The van der Waals surface area contributed by atoms with Crippen molar-refractivity contribution in [3.8, 4) is 0 Å². The third-order valence-corrected chi connectivity index (χ3v) is 4.16. The van der Waals surface area contributed by atoms with Crippen LogP contribution in [0.25, 0.3) is 0 Å². The van der Waals surface area contributed by atoms with Gasteiger partial charge in [0, 0.05) is 19.5 Å². The second-order valence-electron chi connectivity index (χ2n) is 6.31. The van der Waals surface area contributed by atoms with E-state index in [0.29, 0.717) is 5.91 Å². The van der Waals surface area contributed by atoms with Crippen molar-refractivity contribution in [2.45, 2.75) is 104 Å². The van der Waals surface area contributed by atoms with E-state index in [1.165, 1.54) is 70.6 Å². The maximum atomic E-state index is 12.4. The van der Waals surface area contributed by atoms with E-state index in [0.717, 1.165) is 25.9 Å². The molecule has 0 saturated heterocycles. The molecule has 0 aromatic rings. The number of hydrogen-bond acceptors (Lipinski definition) is 1. The summed E-state index contributed by atoms with van der Waals surface area (Å²) in [6.07, 6.45) is 15.6. The Labute approximate surface area is 133 Å². The molecule has 0 bridgehead atoms. The lowest BCUT2D eigenvalue weighted by Crippen LogP contribution is -2.32. The van der Waals surface area contributed by atoms with Gasteiger partial charge in [-0.25, -0.2) is 0 Å². The zero-order valence-electron chi connectivity index (χ0n) is 15.0. The number of unbranched alkanes of at least 4 members (excludes halogenated alkanes) is 9. The monoisotopic (exact) mass is 297 g/mol. The summed E-state index contributed by atoms with van der Waals surface area (Å²) in [5.41, 5.74) is 0. The molecule has 0 N–H and O–H groups in total. The van der Waals surface area contributed by atoms with Gasteiger partial charge < -0.3 is 4.90 Å². The molecule has 0 aliphatic carbocycles. The Kier molecular flexibility index (Phi) is 15.5. The topological polar surface area (TPSA) is 20.3 Å². The summed E-state index contributed by atoms with van der Waals surface area (Å²) >= 11 is 0. The van der Waals surface area contributed by atoms with Crippen LogP contribution in [-0.4, -0.2) is 23.9 Å². The van der Waals surface area contributed by atoms with Crippen LogP contribution in [0.2, 0.25) is 0 Å². The van der Waals surface area contributed by atoms with Crippen LogP contribution in [0.1, 0.15) is 104 Å². The Balaban J connectivity index is 3.98. The first kappa shape index (κ1) is 20.5. The summed E-state index contributed by atoms with van der Waals surface area (Å²) < 4.78 is 0. The van der Waals surface area contributed by atoms with E-state index in [4.69, 9.17) is 0 Å². The fourth-order valence-electron chi connectivity index (χ4n) is 2.68. The van der Waals surface area contributed by atoms with Gasteiger partial charge >= 0.3 is 0 Å². The van der Waals surface area contributed by atoms with E-state index in [-0.39, 0.29) is 0 Å². The third-order valence-electron chi connectivity index (χ3n) is 4.16. The Morgan fingerprint density at radius 2 is 1.05 bits per heavy atom. The predicted molar refractivity (Wildman–Crippen MR) is 93.6 cm³/mol. The maximum Gasteiger partial charge on any atom is 0.222 e. The number of carbonyl (C=O) groups excluding carboxylic acids is 1. The van der Waals surface area contributed by atoms with Crippen LogP contribution in [0.15, 0.2) is 0 Å². The van der Waals surface area contributed by atoms with Gasteiger partial charge in [0.15, 0.2) is 0 Å². The average Bonchev–Trinajstić information content (AvgIpc) is 2.49. The number of carbonyl (C=O) groups is 1. The van der Waals surface area contributed by atoms with Gasteiger partial charge in [-0.15, -0.1) is 0 Å². The highest BCUT2D eigenvalue weighted by atomic mass is 16.2. The molecule has 0 unspecified atom stereocenters. The molecule has 0 saturated carbocycles. The smallest absolute Gasteiger partial charge is 0.222 e. The van der Waals surface area contributed by atoms with Crippen molar-refractivity contribution < 1.29 is 4.79 Å². The summed E-state index contributed by atoms with van der Waals surface area (Å²) in [7, 11) is 0. The highest BCUT2D eigenvalue weighted by molar-refractivity contribution is 5.76. The maximum absolute atomic E-state index is 12.4. The molecule has 21 heavy (non-hydrogen) atoms. The molecule has 0 atom stereocenters. The van der Waals surface area contributed by atoms with Gasteiger partial charge in [0.05, 0.1) is 0 Å². The molecule has 126 valence electrons. The molecule has 2 nitrogen and oxygen atoms in total. The van der Waals surface area contributed by atoms with Gasteiger partial charge in [-0.2, -0.15) is 0 Å². The molecule has 0 aliphatic rings. The Morgan fingerprint density at radius 1 is 0.619 bits per heavy atom. The number of nitrogens with zero attached hydrogens (tertiary/aromatic N) is 1. The third kappa shape index (κ3) is 12.9. The van der Waals surface area contributed by atoms with Crippen molar-refractivity contribution in [1.29, 1.82) is 0 Å². The Bertz CT molecular complexity index is 216. The van der Waals surface area contributed by atoms with E-state index in [2.05, 4.69) is 25.7 Å². The normalized spacial score (nSPS) is 10.8. The minimum absolute atomic E-state index is 0.402. The first-order chi connectivity index (χ1) is 10.3. The van der Waals surface area contributed by atoms with Crippen molar-refractivity contribution in [3.05, 3.63) is 0 Å². The standard InChI is InChI=1S/C19H39NO/c1-4-7-10-13-16-19(21)20(17-14-11-8-5-2)18-15-12-9-6-3/h4-18H2,1-3H3. The summed E-state index contributed by atoms with van der Waals surface area (Å²) in [5, 5.41) is 0. The Hall–Kier alpha value is -0.530. The fourth-order valence-corrected chi connectivity index (χ4v) is 2.68. The highest BCUT2D eigenvalue weighted by Crippen LogP contribution is 2.10. The van der Waals surface area contributed by atoms with E-state index in [1.54, 1.807) is 0 Å². The largest absolute Gasteiger partial charge is 0.343 e. The Morgan fingerprint density at radius 3 is 1.48 bits per heavy atom. The van der Waals surface area contributed by atoms with Crippen LogP contribution in [0.4, 0.5) is 0 Å². The fraction of sp³-hybridized carbons (Fsp3) is 0.947. The molecule has 0 heterocycles. The molecule has 0 fully saturated rings. The van der Waals surface area contributed by atoms with Crippen LogP contribution in [-0.2, 0) is 4.79 Å². The average molecular weight is 298 g/mol. The van der Waals surface area contributed by atoms with E-state index >= 15 is 0 Å². The van der Waals surface area contributed by atoms with Crippen LogP contribution < -0.4 is 0 Å². The SMILES string of the molecule is CCCCCCC(=O)N(CCCCCC)CCCCCC. The lowest BCUT2D eigenvalue weighted by atomic mass is 10.1. The first-order valence-electron chi connectivity index (χ1n) is 9.54. The molecule has 0 aromatic carbocycles. The molecule has 0 aliphatic heterocycles. The van der Waals surface area contributed by atoms with E-state index in [1.807, 2.05) is 0 Å². The van der Waals surface area contributed by atoms with Crippen molar-refractivity contribution in [2.24, 2.45) is 0 Å². The van der Waals surface area contributed by atoms with Crippen LogP contribution >= 0.6 is 0 Å². The van der Waals surface area contributed by atoms with Crippen LogP contribution in [0, 0.1) is 0 Å². The minimum Gasteiger partial charge on any atom is -0.343 e. The minimum atomic E-state index is 0.402. The molecule has 0 radical (unpaired) electrons. The summed E-state index contributed by atoms with van der Waals surface area (Å²) in [6, 6.07) is 0. The lowest BCUT2D eigenvalue weighted by Gasteiger charge is -2.23. The van der Waals surface area contributed by atoms with Crippen molar-refractivity contribution in [3.63, 3.8) is 0 Å². The van der Waals surface area contributed by atoms with E-state index < -0.39 is 0 Å². The number of amides is 1. The van der Waals surface area contributed by atoms with Crippen molar-refractivity contribution in [2.75, 3.05) is 13.1 Å². The second kappa shape index (κ2) is 15.9. The molecule has 0 spiro atoms. The molecule has 0 aromatic heterocycles. The van der Waals surface area contributed by atoms with Gasteiger partial charge in [-0.1, -0.05) is 78.6 Å². The lowest BCUT2D eigenvalue weighted by molar-refractivity contribution is -0.131. The van der Waals surface area contributed by atoms with Crippen molar-refractivity contribution >= 4 is 5.91 Å². The predicted octanol–water partition coefficient (Wildman–Crippen LogP) is 5.95. The van der Waals surface area contributed by atoms with Gasteiger partial charge in [0.25, 0.3) is 0 Å². The summed E-state index contributed by atoms with van der Waals surface area (Å²) in [5.74, 6) is 0.402. The second-order valence-corrected chi connectivity index (χ2v) is 6.31. The van der Waals surface area contributed by atoms with E-state index in [9.17, 15) is 4.79 Å². The van der Waals surface area contributed by atoms with Gasteiger partial charge in [0.1, 0.15) is 0 Å². The number of rotatable bonds is 15. The quantitative estimate of drug-likeness (QED) is 0.342. The molecular formula is C19H39NO. The zero-order chi connectivity index (χ0) is 15.8. The van der Waals surface area contributed by atoms with Gasteiger partial charge in [-0.05, 0) is 19.3 Å². The molecular weight excluding hydrogens is 258 g/mol. The zero-order valence-corrected chi connectivity index (χ0v) is 15.0. The highest BCUT2D eigenvalue weighted by Gasteiger charge is 2.12. The van der Waals surface area contributed by atoms with Crippen LogP contribution in [0.3, 0.4) is 0 Å². The first-order valence-corrected chi connectivity index (χ1v) is 9.54. The molecule has 1 amide bonds. The number of hydrogen-bond donors (Lipinski definition) is 0. The van der Waals surface area contributed by atoms with Gasteiger partial charge in [0.2, 0.25) is 5.91 Å². The molecule has 0 rings (SSSR count). The van der Waals surface area contributed by atoms with Crippen molar-refractivity contribution in [1.82, 2.24) is 4.90 Å². The summed E-state index contributed by atoms with van der Waals surface area (Å²) in [6.45, 7) is 8.66. The van der Waals surface area contributed by atoms with Gasteiger partial charge in [-0.3, -0.25) is 4.79 Å². The molecule has 2 heteroatoms.